The maximum Gasteiger partial charge on any atom is 0.411 e. The van der Waals surface area contributed by atoms with E-state index in [9.17, 15) is 13.2 Å². The Balaban J connectivity index is 2.19. The predicted octanol–water partition coefficient (Wildman–Crippen LogP) is 1.49. The van der Waals surface area contributed by atoms with E-state index in [2.05, 4.69) is 15.1 Å². The van der Waals surface area contributed by atoms with Gasteiger partial charge in [0.1, 0.15) is 6.61 Å². The van der Waals surface area contributed by atoms with E-state index in [1.807, 2.05) is 5.38 Å². The molecule has 8 heteroatoms. The highest BCUT2D eigenvalue weighted by Gasteiger charge is 2.27. The summed E-state index contributed by atoms with van der Waals surface area (Å²) in [6.07, 6.45) is -1.61. The van der Waals surface area contributed by atoms with E-state index >= 15 is 0 Å². The molecule has 0 aliphatic carbocycles. The van der Waals surface area contributed by atoms with Crippen molar-refractivity contribution in [3.63, 3.8) is 0 Å². The van der Waals surface area contributed by atoms with Crippen LogP contribution in [0.15, 0.2) is 11.6 Å². The highest BCUT2D eigenvalue weighted by Crippen LogP contribution is 2.15. The number of rotatable bonds is 7. The largest absolute Gasteiger partial charge is 0.411 e. The molecule has 0 aliphatic heterocycles. The molecule has 4 nitrogen and oxygen atoms in total. The molecule has 17 heavy (non-hydrogen) atoms. The average molecular weight is 269 g/mol. The molecule has 1 unspecified atom stereocenters. The van der Waals surface area contributed by atoms with E-state index in [1.54, 1.807) is 6.20 Å². The fourth-order valence-electron chi connectivity index (χ4n) is 1.22. The summed E-state index contributed by atoms with van der Waals surface area (Å²) in [6.45, 7) is -1.21. The van der Waals surface area contributed by atoms with Gasteiger partial charge in [0.15, 0.2) is 0 Å². The predicted molar refractivity (Wildman–Crippen MR) is 58.4 cm³/mol. The highest BCUT2D eigenvalue weighted by atomic mass is 32.1. The van der Waals surface area contributed by atoms with E-state index in [1.165, 1.54) is 11.3 Å². The minimum Gasteiger partial charge on any atom is -0.372 e. The second-order valence-electron chi connectivity index (χ2n) is 3.45. The van der Waals surface area contributed by atoms with Crippen LogP contribution in [-0.2, 0) is 11.2 Å². The van der Waals surface area contributed by atoms with Gasteiger partial charge in [-0.2, -0.15) is 13.2 Å². The lowest BCUT2D eigenvalue weighted by Gasteiger charge is -2.14. The first kappa shape index (κ1) is 14.4. The Morgan fingerprint density at radius 3 is 2.82 bits per heavy atom. The quantitative estimate of drug-likeness (QED) is 0.447. The Kier molecular flexibility index (Phi) is 5.83. The molecule has 0 bridgehead atoms. The fraction of sp³-hybridized carbons (Fsp3) is 0.667. The maximum atomic E-state index is 11.8. The zero-order chi connectivity index (χ0) is 12.7. The number of hydrogen-bond donors (Lipinski definition) is 2. The zero-order valence-electron chi connectivity index (χ0n) is 9.04. The molecular weight excluding hydrogens is 255 g/mol. The minimum atomic E-state index is -4.28. The van der Waals surface area contributed by atoms with Gasteiger partial charge < -0.3 is 4.74 Å². The number of aromatic nitrogens is 1. The van der Waals surface area contributed by atoms with Crippen molar-refractivity contribution in [2.75, 3.05) is 13.2 Å². The molecule has 0 aliphatic rings. The van der Waals surface area contributed by atoms with Crippen molar-refractivity contribution in [1.82, 2.24) is 10.4 Å². The van der Waals surface area contributed by atoms with Crippen LogP contribution in [0.3, 0.4) is 0 Å². The van der Waals surface area contributed by atoms with Crippen LogP contribution in [0.5, 0.6) is 0 Å². The molecule has 98 valence electrons. The van der Waals surface area contributed by atoms with Crippen LogP contribution < -0.4 is 11.3 Å². The molecule has 1 aromatic heterocycles. The monoisotopic (exact) mass is 269 g/mol. The van der Waals surface area contributed by atoms with Crippen molar-refractivity contribution >= 4 is 11.3 Å². The van der Waals surface area contributed by atoms with E-state index in [0.717, 1.165) is 5.01 Å². The molecule has 0 amide bonds. The summed E-state index contributed by atoms with van der Waals surface area (Å²) >= 11 is 1.48. The Morgan fingerprint density at radius 1 is 1.53 bits per heavy atom. The first-order valence-corrected chi connectivity index (χ1v) is 5.88. The second-order valence-corrected chi connectivity index (χ2v) is 4.43. The Hall–Kier alpha value is -0.700. The van der Waals surface area contributed by atoms with Gasteiger partial charge >= 0.3 is 6.18 Å². The first-order valence-electron chi connectivity index (χ1n) is 5.00. The van der Waals surface area contributed by atoms with Gasteiger partial charge in [0.05, 0.1) is 5.01 Å². The Labute approximate surface area is 101 Å². The number of hydrazine groups is 1. The number of nitrogens with one attached hydrogen (secondary N) is 1. The van der Waals surface area contributed by atoms with Gasteiger partial charge in [-0.1, -0.05) is 0 Å². The lowest BCUT2D eigenvalue weighted by atomic mass is 10.1. The van der Waals surface area contributed by atoms with Gasteiger partial charge in [-0.15, -0.1) is 11.3 Å². The smallest absolute Gasteiger partial charge is 0.372 e. The summed E-state index contributed by atoms with van der Waals surface area (Å²) in [5.74, 6) is 5.31. The van der Waals surface area contributed by atoms with Crippen molar-refractivity contribution in [2.45, 2.75) is 25.1 Å². The highest BCUT2D eigenvalue weighted by molar-refractivity contribution is 7.09. The third-order valence-corrected chi connectivity index (χ3v) is 2.82. The number of hydrogen-bond acceptors (Lipinski definition) is 5. The van der Waals surface area contributed by atoms with Crippen molar-refractivity contribution in [3.05, 3.63) is 16.6 Å². The molecule has 0 saturated carbocycles. The normalized spacial score (nSPS) is 13.9. The van der Waals surface area contributed by atoms with Gasteiger partial charge in [-0.25, -0.2) is 4.98 Å². The van der Waals surface area contributed by atoms with Gasteiger partial charge in [0.2, 0.25) is 0 Å². The van der Waals surface area contributed by atoms with Crippen LogP contribution in [0.4, 0.5) is 13.2 Å². The summed E-state index contributed by atoms with van der Waals surface area (Å²) < 4.78 is 39.9. The number of nitrogens with zero attached hydrogens (tertiary/aromatic N) is 1. The number of halogens is 3. The Morgan fingerprint density at radius 2 is 2.29 bits per heavy atom. The molecule has 1 atom stereocenters. The number of thiazole rings is 1. The average Bonchev–Trinajstić information content (AvgIpc) is 2.73. The van der Waals surface area contributed by atoms with Crippen LogP contribution >= 0.6 is 11.3 Å². The van der Waals surface area contributed by atoms with Crippen molar-refractivity contribution in [1.29, 1.82) is 0 Å². The molecule has 1 heterocycles. The molecule has 0 aromatic carbocycles. The summed E-state index contributed by atoms with van der Waals surface area (Å²) in [5.41, 5.74) is 2.54. The lowest BCUT2D eigenvalue weighted by Crippen LogP contribution is -2.37. The van der Waals surface area contributed by atoms with Crippen molar-refractivity contribution in [3.8, 4) is 0 Å². The van der Waals surface area contributed by atoms with Crippen molar-refractivity contribution < 1.29 is 17.9 Å². The first-order chi connectivity index (χ1) is 8.01. The van der Waals surface area contributed by atoms with Crippen molar-refractivity contribution in [2.24, 2.45) is 5.84 Å². The molecule has 0 saturated heterocycles. The van der Waals surface area contributed by atoms with Crippen LogP contribution in [-0.4, -0.2) is 30.4 Å². The lowest BCUT2D eigenvalue weighted by molar-refractivity contribution is -0.174. The van der Waals surface area contributed by atoms with Crippen LogP contribution in [0.1, 0.15) is 11.4 Å². The molecule has 0 spiro atoms. The van der Waals surface area contributed by atoms with Gasteiger partial charge in [-0.05, 0) is 6.42 Å². The van der Waals surface area contributed by atoms with Crippen LogP contribution in [0, 0.1) is 0 Å². The fourth-order valence-corrected chi connectivity index (χ4v) is 1.92. The summed E-state index contributed by atoms with van der Waals surface area (Å²) in [4.78, 5) is 4.07. The summed E-state index contributed by atoms with van der Waals surface area (Å²) in [5, 5.41) is 2.73. The summed E-state index contributed by atoms with van der Waals surface area (Å²) in [7, 11) is 0. The SMILES string of the molecule is NNC(CCOCC(F)(F)F)Cc1nccs1. The third-order valence-electron chi connectivity index (χ3n) is 2.02. The third kappa shape index (κ3) is 6.57. The standard InChI is InChI=1S/C9H14F3N3OS/c10-9(11,12)6-16-3-1-7(15-13)5-8-14-2-4-17-8/h2,4,7,15H,1,3,5-6,13H2. The number of nitrogens with two attached hydrogens (primary N) is 1. The van der Waals surface area contributed by atoms with E-state index in [-0.39, 0.29) is 12.6 Å². The van der Waals surface area contributed by atoms with Gasteiger partial charge in [-0.3, -0.25) is 11.3 Å². The minimum absolute atomic E-state index is 0.0136. The summed E-state index contributed by atoms with van der Waals surface area (Å²) in [6, 6.07) is -0.130. The molecule has 0 fully saturated rings. The number of ether oxygens (including phenoxy) is 1. The number of alkyl halides is 3. The van der Waals surface area contributed by atoms with E-state index < -0.39 is 12.8 Å². The molecule has 0 radical (unpaired) electrons. The Bertz CT molecular complexity index is 305. The topological polar surface area (TPSA) is 60.2 Å². The van der Waals surface area contributed by atoms with Gasteiger partial charge in [0, 0.05) is 30.6 Å². The molecule has 1 rings (SSSR count). The van der Waals surface area contributed by atoms with Crippen LogP contribution in [0.2, 0.25) is 0 Å². The van der Waals surface area contributed by atoms with E-state index in [4.69, 9.17) is 5.84 Å². The maximum absolute atomic E-state index is 11.8. The molecule has 3 N–H and O–H groups in total. The zero-order valence-corrected chi connectivity index (χ0v) is 9.85. The van der Waals surface area contributed by atoms with Gasteiger partial charge in [0.25, 0.3) is 0 Å². The van der Waals surface area contributed by atoms with E-state index in [0.29, 0.717) is 12.8 Å². The molecule has 1 aromatic rings. The molecular formula is C9H14F3N3OS. The second kappa shape index (κ2) is 6.90. The van der Waals surface area contributed by atoms with Crippen LogP contribution in [0.25, 0.3) is 0 Å².